The maximum atomic E-state index is 14.6. The third-order valence-electron chi connectivity index (χ3n) is 8.82. The normalized spacial score (nSPS) is 19.0. The zero-order valence-corrected chi connectivity index (χ0v) is 25.2. The molecule has 0 amide bonds. The molecule has 1 saturated heterocycles. The predicted octanol–water partition coefficient (Wildman–Crippen LogP) is 7.95. The molecule has 6 rings (SSSR count). The van der Waals surface area contributed by atoms with Gasteiger partial charge in [-0.25, -0.2) is 4.39 Å². The van der Waals surface area contributed by atoms with E-state index in [4.69, 9.17) is 18.9 Å². The lowest BCUT2D eigenvalue weighted by atomic mass is 9.79. The van der Waals surface area contributed by atoms with E-state index in [0.29, 0.717) is 19.1 Å². The second-order valence-corrected chi connectivity index (χ2v) is 11.7. The van der Waals surface area contributed by atoms with Crippen molar-refractivity contribution in [3.05, 3.63) is 130 Å². The molecular formula is C37H40FNO4. The van der Waals surface area contributed by atoms with Crippen molar-refractivity contribution in [1.82, 2.24) is 0 Å². The summed E-state index contributed by atoms with van der Waals surface area (Å²) in [5.41, 5.74) is 7.49. The number of aryl methyl sites for hydroxylation is 1. The van der Waals surface area contributed by atoms with Crippen LogP contribution in [0.3, 0.4) is 0 Å². The van der Waals surface area contributed by atoms with Gasteiger partial charge in [0.2, 0.25) is 0 Å². The van der Waals surface area contributed by atoms with Crippen LogP contribution in [0.1, 0.15) is 58.2 Å². The van der Waals surface area contributed by atoms with Gasteiger partial charge in [0.15, 0.2) is 6.29 Å². The van der Waals surface area contributed by atoms with E-state index in [9.17, 15) is 4.39 Å². The number of methoxy groups -OCH3 is 2. The fraction of sp³-hybridized carbons (Fsp3) is 0.351. The molecule has 4 aromatic carbocycles. The molecule has 0 radical (unpaired) electrons. The average Bonchev–Trinajstić information content (AvgIpc) is 3.04. The molecule has 5 nitrogen and oxygen atoms in total. The number of hydrogen-bond donors (Lipinski definition) is 0. The monoisotopic (exact) mass is 581 g/mol. The van der Waals surface area contributed by atoms with Crippen LogP contribution in [0.4, 0.5) is 10.1 Å². The van der Waals surface area contributed by atoms with Gasteiger partial charge in [-0.3, -0.25) is 0 Å². The topological polar surface area (TPSA) is 40.2 Å². The standard InChI is InChI=1S/C37H40FNO4/c1-25-19-29(21-31(38)20-25)36-35(27-9-11-32(12-10-27)39-17-15-28(16-18-39)37(40-2)41-3)34-14-13-33(22-30(34)24-43-36)42-23-26-7-5-4-6-8-26/h4-14,19-22,28,35-37H,15-18,23-24H2,1-3H3. The summed E-state index contributed by atoms with van der Waals surface area (Å²) in [4.78, 5) is 2.43. The van der Waals surface area contributed by atoms with Crippen LogP contribution in [0.5, 0.6) is 5.75 Å². The summed E-state index contributed by atoms with van der Waals surface area (Å²) >= 11 is 0. The minimum absolute atomic E-state index is 0.0860. The summed E-state index contributed by atoms with van der Waals surface area (Å²) in [5, 5.41) is 0. The summed E-state index contributed by atoms with van der Waals surface area (Å²) in [5.74, 6) is 0.888. The number of fused-ring (bicyclic) bond motifs is 1. The molecule has 0 saturated carbocycles. The highest BCUT2D eigenvalue weighted by Crippen LogP contribution is 2.46. The van der Waals surface area contributed by atoms with Crippen molar-refractivity contribution in [3.8, 4) is 5.75 Å². The molecule has 1 fully saturated rings. The van der Waals surface area contributed by atoms with Gasteiger partial charge < -0.3 is 23.8 Å². The molecule has 2 unspecified atom stereocenters. The lowest BCUT2D eigenvalue weighted by Gasteiger charge is -2.37. The molecule has 6 heteroatoms. The van der Waals surface area contributed by atoms with Gasteiger partial charge in [-0.2, -0.15) is 0 Å². The van der Waals surface area contributed by atoms with Gasteiger partial charge >= 0.3 is 0 Å². The summed E-state index contributed by atoms with van der Waals surface area (Å²) in [6.07, 6.45) is 1.59. The Labute approximate surface area is 254 Å². The first kappa shape index (κ1) is 29.4. The van der Waals surface area contributed by atoms with E-state index < -0.39 is 0 Å². The Bertz CT molecular complexity index is 1480. The van der Waals surface area contributed by atoms with Crippen LogP contribution < -0.4 is 9.64 Å². The Hall–Kier alpha value is -3.71. The molecule has 2 aliphatic heterocycles. The van der Waals surface area contributed by atoms with Gasteiger partial charge in [0.1, 0.15) is 18.2 Å². The molecule has 2 atom stereocenters. The van der Waals surface area contributed by atoms with E-state index in [2.05, 4.69) is 53.4 Å². The second-order valence-electron chi connectivity index (χ2n) is 11.7. The minimum Gasteiger partial charge on any atom is -0.489 e. The Morgan fingerprint density at radius 2 is 1.60 bits per heavy atom. The van der Waals surface area contributed by atoms with Crippen molar-refractivity contribution in [2.24, 2.45) is 5.92 Å². The highest BCUT2D eigenvalue weighted by molar-refractivity contribution is 5.52. The number of nitrogens with zero attached hydrogens (tertiary/aromatic N) is 1. The van der Waals surface area contributed by atoms with Crippen molar-refractivity contribution in [2.75, 3.05) is 32.2 Å². The van der Waals surface area contributed by atoms with Crippen LogP contribution in [0, 0.1) is 18.7 Å². The number of anilines is 1. The molecule has 0 spiro atoms. The van der Waals surface area contributed by atoms with E-state index in [-0.39, 0.29) is 24.1 Å². The van der Waals surface area contributed by atoms with Crippen molar-refractivity contribution in [3.63, 3.8) is 0 Å². The maximum absolute atomic E-state index is 14.6. The molecule has 224 valence electrons. The summed E-state index contributed by atoms with van der Waals surface area (Å²) in [6.45, 7) is 4.78. The van der Waals surface area contributed by atoms with Gasteiger partial charge in [-0.15, -0.1) is 0 Å². The highest BCUT2D eigenvalue weighted by atomic mass is 19.1. The molecule has 0 aliphatic carbocycles. The zero-order valence-electron chi connectivity index (χ0n) is 25.2. The fourth-order valence-electron chi connectivity index (χ4n) is 6.66. The average molecular weight is 582 g/mol. The first-order valence-corrected chi connectivity index (χ1v) is 15.1. The Morgan fingerprint density at radius 3 is 2.30 bits per heavy atom. The lowest BCUT2D eigenvalue weighted by Crippen LogP contribution is -2.39. The predicted molar refractivity (Wildman–Crippen MR) is 167 cm³/mol. The van der Waals surface area contributed by atoms with E-state index in [0.717, 1.165) is 59.5 Å². The van der Waals surface area contributed by atoms with E-state index in [1.807, 2.05) is 37.3 Å². The third-order valence-corrected chi connectivity index (χ3v) is 8.82. The van der Waals surface area contributed by atoms with Crippen LogP contribution >= 0.6 is 0 Å². The zero-order chi connectivity index (χ0) is 29.8. The molecule has 0 N–H and O–H groups in total. The van der Waals surface area contributed by atoms with E-state index >= 15 is 0 Å². The van der Waals surface area contributed by atoms with Gasteiger partial charge in [-0.1, -0.05) is 54.6 Å². The fourth-order valence-corrected chi connectivity index (χ4v) is 6.66. The molecule has 0 aromatic heterocycles. The highest BCUT2D eigenvalue weighted by Gasteiger charge is 2.34. The number of piperidine rings is 1. The summed E-state index contributed by atoms with van der Waals surface area (Å²) in [7, 11) is 3.42. The molecule has 0 bridgehead atoms. The Balaban J connectivity index is 1.26. The van der Waals surface area contributed by atoms with Crippen molar-refractivity contribution in [1.29, 1.82) is 0 Å². The van der Waals surface area contributed by atoms with Gasteiger partial charge in [0, 0.05) is 44.8 Å². The third kappa shape index (κ3) is 6.62. The van der Waals surface area contributed by atoms with Crippen molar-refractivity contribution >= 4 is 5.69 Å². The number of rotatable bonds is 9. The molecule has 2 heterocycles. The van der Waals surface area contributed by atoms with Crippen LogP contribution in [-0.4, -0.2) is 33.6 Å². The molecule has 4 aromatic rings. The Morgan fingerprint density at radius 1 is 0.860 bits per heavy atom. The summed E-state index contributed by atoms with van der Waals surface area (Å²) in [6, 6.07) is 30.5. The van der Waals surface area contributed by atoms with Crippen LogP contribution in [0.2, 0.25) is 0 Å². The van der Waals surface area contributed by atoms with Gasteiger partial charge in [0.05, 0.1) is 12.7 Å². The number of benzene rings is 4. The second kappa shape index (κ2) is 13.3. The van der Waals surface area contributed by atoms with Crippen LogP contribution in [0.25, 0.3) is 0 Å². The summed E-state index contributed by atoms with van der Waals surface area (Å²) < 4.78 is 38.3. The molecular weight excluding hydrogens is 541 g/mol. The first-order valence-electron chi connectivity index (χ1n) is 15.1. The van der Waals surface area contributed by atoms with Crippen LogP contribution in [0.15, 0.2) is 91.0 Å². The first-order chi connectivity index (χ1) is 21.0. The molecule has 43 heavy (non-hydrogen) atoms. The molecule has 2 aliphatic rings. The maximum Gasteiger partial charge on any atom is 0.159 e. The van der Waals surface area contributed by atoms with E-state index in [1.165, 1.54) is 11.3 Å². The minimum atomic E-state index is -0.306. The number of hydrogen-bond acceptors (Lipinski definition) is 5. The number of halogens is 1. The van der Waals surface area contributed by atoms with Crippen molar-refractivity contribution < 1.29 is 23.3 Å². The Kier molecular flexibility index (Phi) is 9.08. The SMILES string of the molecule is COC(OC)C1CCN(c2ccc(C3c4ccc(OCc5ccccc5)cc4COC3c3cc(C)cc(F)c3)cc2)CC1. The largest absolute Gasteiger partial charge is 0.489 e. The number of ether oxygens (including phenoxy) is 4. The van der Waals surface area contributed by atoms with Crippen LogP contribution in [-0.2, 0) is 27.4 Å². The smallest absolute Gasteiger partial charge is 0.159 e. The van der Waals surface area contributed by atoms with Gasteiger partial charge in [-0.05, 0) is 89.5 Å². The lowest BCUT2D eigenvalue weighted by molar-refractivity contribution is -0.141. The quantitative estimate of drug-likeness (QED) is 0.188. The van der Waals surface area contributed by atoms with Gasteiger partial charge in [0.25, 0.3) is 0 Å². The van der Waals surface area contributed by atoms with E-state index in [1.54, 1.807) is 26.4 Å². The van der Waals surface area contributed by atoms with Crippen molar-refractivity contribution in [2.45, 2.75) is 51.3 Å².